The number of rotatable bonds is 7. The Hall–Kier alpha value is -1.99. The minimum atomic E-state index is -0.113. The van der Waals surface area contributed by atoms with Gasteiger partial charge in [0.1, 0.15) is 0 Å². The van der Waals surface area contributed by atoms with Crippen LogP contribution in [0.5, 0.6) is 17.2 Å². The molecule has 1 heterocycles. The van der Waals surface area contributed by atoms with E-state index in [1.165, 1.54) is 0 Å². The molecule has 0 saturated carbocycles. The normalized spacial score (nSPS) is 16.4. The summed E-state index contributed by atoms with van der Waals surface area (Å²) in [6, 6.07) is 3.88. The molecule has 0 aromatic heterocycles. The van der Waals surface area contributed by atoms with Gasteiger partial charge in [-0.3, -0.25) is 9.69 Å². The molecule has 1 aliphatic rings. The smallest absolute Gasteiger partial charge is 0.226 e. The average molecular weight is 351 g/mol. The lowest BCUT2D eigenvalue weighted by molar-refractivity contribution is -0.136. The number of carbonyl (C=O) groups is 1. The lowest BCUT2D eigenvalue weighted by Gasteiger charge is -2.36. The summed E-state index contributed by atoms with van der Waals surface area (Å²) in [7, 11) is 4.84. The first-order valence-electron chi connectivity index (χ1n) is 8.54. The van der Waals surface area contributed by atoms with Crippen molar-refractivity contribution >= 4 is 5.91 Å². The average Bonchev–Trinajstić information content (AvgIpc) is 2.66. The number of amides is 1. The number of nitrogens with zero attached hydrogens (tertiary/aromatic N) is 2. The third kappa shape index (κ3) is 4.35. The van der Waals surface area contributed by atoms with Crippen LogP contribution in [0.15, 0.2) is 12.1 Å². The minimum absolute atomic E-state index is 0.113. The maximum Gasteiger partial charge on any atom is 0.226 e. The maximum absolute atomic E-state index is 12.2. The summed E-state index contributed by atoms with van der Waals surface area (Å²) in [5, 5.41) is 0. The number of methoxy groups -OCH3 is 3. The molecule has 1 saturated heterocycles. The Labute approximate surface area is 149 Å². The highest BCUT2D eigenvalue weighted by molar-refractivity contribution is 5.78. The minimum Gasteiger partial charge on any atom is -0.493 e. The van der Waals surface area contributed by atoms with Crippen LogP contribution in [-0.4, -0.2) is 69.8 Å². The van der Waals surface area contributed by atoms with Crippen LogP contribution >= 0.6 is 0 Å². The summed E-state index contributed by atoms with van der Waals surface area (Å²) < 4.78 is 16.3. The van der Waals surface area contributed by atoms with Gasteiger partial charge in [-0.1, -0.05) is 13.0 Å². The largest absolute Gasteiger partial charge is 0.493 e. The van der Waals surface area contributed by atoms with E-state index >= 15 is 0 Å². The van der Waals surface area contributed by atoms with Crippen LogP contribution in [0.25, 0.3) is 0 Å². The molecule has 1 fully saturated rings. The van der Waals surface area contributed by atoms with Crippen LogP contribution in [-0.2, 0) is 11.3 Å². The molecule has 1 amide bonds. The van der Waals surface area contributed by atoms with Crippen molar-refractivity contribution in [1.82, 2.24) is 9.80 Å². The van der Waals surface area contributed by atoms with Crippen LogP contribution in [0.1, 0.15) is 12.5 Å². The predicted molar refractivity (Wildman–Crippen MR) is 96.2 cm³/mol. The first-order valence-corrected chi connectivity index (χ1v) is 8.54. The Bertz CT molecular complexity index is 586. The van der Waals surface area contributed by atoms with Crippen LogP contribution in [0, 0.1) is 5.92 Å². The van der Waals surface area contributed by atoms with E-state index in [2.05, 4.69) is 4.90 Å². The fourth-order valence-electron chi connectivity index (χ4n) is 3.07. The Balaban J connectivity index is 2.03. The molecule has 0 bridgehead atoms. The quantitative estimate of drug-likeness (QED) is 0.788. The number of hydrogen-bond donors (Lipinski definition) is 1. The maximum atomic E-state index is 12.2. The van der Waals surface area contributed by atoms with Gasteiger partial charge in [0.15, 0.2) is 11.5 Å². The molecule has 1 atom stereocenters. The van der Waals surface area contributed by atoms with E-state index in [1.807, 2.05) is 24.0 Å². The number of carbonyl (C=O) groups excluding carboxylic acids is 1. The lowest BCUT2D eigenvalue weighted by atomic mass is 10.1. The summed E-state index contributed by atoms with van der Waals surface area (Å²) >= 11 is 0. The van der Waals surface area contributed by atoms with Gasteiger partial charge in [-0.2, -0.15) is 0 Å². The predicted octanol–water partition coefficient (Wildman–Crippen LogP) is 0.951. The van der Waals surface area contributed by atoms with Gasteiger partial charge in [-0.15, -0.1) is 0 Å². The van der Waals surface area contributed by atoms with Gasteiger partial charge in [0.25, 0.3) is 0 Å². The van der Waals surface area contributed by atoms with Gasteiger partial charge in [0.2, 0.25) is 11.7 Å². The van der Waals surface area contributed by atoms with E-state index in [4.69, 9.17) is 19.9 Å². The molecule has 7 nitrogen and oxygen atoms in total. The molecule has 1 unspecified atom stereocenters. The molecule has 7 heteroatoms. The summed E-state index contributed by atoms with van der Waals surface area (Å²) in [5.41, 5.74) is 6.64. The van der Waals surface area contributed by atoms with Gasteiger partial charge >= 0.3 is 0 Å². The van der Waals surface area contributed by atoms with Crippen molar-refractivity contribution < 1.29 is 19.0 Å². The van der Waals surface area contributed by atoms with E-state index in [1.54, 1.807) is 21.3 Å². The summed E-state index contributed by atoms with van der Waals surface area (Å²) in [4.78, 5) is 16.4. The molecule has 1 aromatic carbocycles. The third-order valence-electron chi connectivity index (χ3n) is 4.64. The van der Waals surface area contributed by atoms with Crippen molar-refractivity contribution in [3.63, 3.8) is 0 Å². The zero-order valence-corrected chi connectivity index (χ0v) is 15.6. The third-order valence-corrected chi connectivity index (χ3v) is 4.64. The number of hydrogen-bond acceptors (Lipinski definition) is 6. The zero-order chi connectivity index (χ0) is 18.4. The Morgan fingerprint density at radius 1 is 1.08 bits per heavy atom. The summed E-state index contributed by atoms with van der Waals surface area (Å²) in [6.45, 7) is 6.09. The van der Waals surface area contributed by atoms with Crippen LogP contribution < -0.4 is 19.9 Å². The van der Waals surface area contributed by atoms with E-state index in [0.717, 1.165) is 38.3 Å². The van der Waals surface area contributed by atoms with Crippen molar-refractivity contribution in [1.29, 1.82) is 0 Å². The van der Waals surface area contributed by atoms with Gasteiger partial charge < -0.3 is 24.8 Å². The molecule has 25 heavy (non-hydrogen) atoms. The van der Waals surface area contributed by atoms with Crippen molar-refractivity contribution in [2.45, 2.75) is 13.5 Å². The number of nitrogens with two attached hydrogens (primary N) is 1. The Kier molecular flexibility index (Phi) is 6.90. The van der Waals surface area contributed by atoms with Crippen molar-refractivity contribution in [2.75, 3.05) is 54.1 Å². The Morgan fingerprint density at radius 2 is 1.72 bits per heavy atom. The van der Waals surface area contributed by atoms with Gasteiger partial charge in [-0.25, -0.2) is 0 Å². The number of benzene rings is 1. The van der Waals surface area contributed by atoms with E-state index < -0.39 is 0 Å². The van der Waals surface area contributed by atoms with E-state index in [-0.39, 0.29) is 11.8 Å². The van der Waals surface area contributed by atoms with E-state index in [9.17, 15) is 4.79 Å². The second-order valence-electron chi connectivity index (χ2n) is 6.23. The standard InChI is InChI=1S/C18H29N3O4/c1-13(11-19)18(22)21-9-7-20(8-10-21)12-14-5-6-15(23-2)17(25-4)16(14)24-3/h5-6,13H,7-12,19H2,1-4H3. The molecule has 2 N–H and O–H groups in total. The molecule has 1 aromatic rings. The lowest BCUT2D eigenvalue weighted by Crippen LogP contribution is -2.50. The van der Waals surface area contributed by atoms with E-state index in [0.29, 0.717) is 23.8 Å². The van der Waals surface area contributed by atoms with Crippen LogP contribution in [0.3, 0.4) is 0 Å². The van der Waals surface area contributed by atoms with Gasteiger partial charge in [0, 0.05) is 50.7 Å². The highest BCUT2D eigenvalue weighted by atomic mass is 16.5. The zero-order valence-electron chi connectivity index (χ0n) is 15.6. The van der Waals surface area contributed by atoms with Crippen LogP contribution in [0.2, 0.25) is 0 Å². The van der Waals surface area contributed by atoms with Gasteiger partial charge in [-0.05, 0) is 6.07 Å². The van der Waals surface area contributed by atoms with Crippen molar-refractivity contribution in [3.8, 4) is 17.2 Å². The summed E-state index contributed by atoms with van der Waals surface area (Å²) in [5.74, 6) is 1.97. The molecule has 140 valence electrons. The van der Waals surface area contributed by atoms with Crippen LogP contribution in [0.4, 0.5) is 0 Å². The highest BCUT2D eigenvalue weighted by Crippen LogP contribution is 2.40. The second-order valence-corrected chi connectivity index (χ2v) is 6.23. The molecule has 0 radical (unpaired) electrons. The fraction of sp³-hybridized carbons (Fsp3) is 0.611. The SMILES string of the molecule is COc1ccc(CN2CCN(C(=O)C(C)CN)CC2)c(OC)c1OC. The molecule has 0 aliphatic carbocycles. The highest BCUT2D eigenvalue weighted by Gasteiger charge is 2.25. The van der Waals surface area contributed by atoms with Crippen molar-refractivity contribution in [3.05, 3.63) is 17.7 Å². The summed E-state index contributed by atoms with van der Waals surface area (Å²) in [6.07, 6.45) is 0. The fourth-order valence-corrected chi connectivity index (χ4v) is 3.07. The van der Waals surface area contributed by atoms with Gasteiger partial charge in [0.05, 0.1) is 21.3 Å². The first-order chi connectivity index (χ1) is 12.0. The monoisotopic (exact) mass is 351 g/mol. The molecular weight excluding hydrogens is 322 g/mol. The second kappa shape index (κ2) is 8.92. The molecule has 2 rings (SSSR count). The van der Waals surface area contributed by atoms with Crippen molar-refractivity contribution in [2.24, 2.45) is 11.7 Å². The molecule has 0 spiro atoms. The molecular formula is C18H29N3O4. The number of ether oxygens (including phenoxy) is 3. The number of piperazine rings is 1. The Morgan fingerprint density at radius 3 is 2.24 bits per heavy atom. The first kappa shape index (κ1) is 19.3. The topological polar surface area (TPSA) is 77.3 Å². The molecule has 1 aliphatic heterocycles.